The average molecular weight is 366 g/mol. The summed E-state index contributed by atoms with van der Waals surface area (Å²) in [6.07, 6.45) is 2.03. The summed E-state index contributed by atoms with van der Waals surface area (Å²) in [6, 6.07) is 0.447. The van der Waals surface area contributed by atoms with Crippen LogP contribution in [0.2, 0.25) is 8.87 Å². The third kappa shape index (κ3) is 43.8. The molecule has 18 heavy (non-hydrogen) atoms. The molecule has 3 nitrogen and oxygen atoms in total. The number of nitrogens with two attached hydrogens (primary N) is 1. The van der Waals surface area contributed by atoms with E-state index in [9.17, 15) is 10.2 Å². The first-order chi connectivity index (χ1) is 8.31. The minimum atomic E-state index is -0.366. The Morgan fingerprint density at radius 2 is 1.28 bits per heavy atom. The third-order valence-electron chi connectivity index (χ3n) is 2.18. The molecule has 3 unspecified atom stereocenters. The van der Waals surface area contributed by atoms with Crippen LogP contribution in [0.3, 0.4) is 0 Å². The van der Waals surface area contributed by atoms with Crippen molar-refractivity contribution in [2.24, 2.45) is 5.73 Å². The summed E-state index contributed by atoms with van der Waals surface area (Å²) in [4.78, 5) is 0. The second-order valence-corrected chi connectivity index (χ2v) is 9.43. The van der Waals surface area contributed by atoms with Gasteiger partial charge in [0.05, 0.1) is 0 Å². The zero-order chi connectivity index (χ0) is 15.0. The average Bonchev–Trinajstić information content (AvgIpc) is 2.30. The molecule has 0 spiro atoms. The topological polar surface area (TPSA) is 72.1 Å². The van der Waals surface area contributed by atoms with Crippen LogP contribution >= 0.6 is 0 Å². The van der Waals surface area contributed by atoms with Gasteiger partial charge in [-0.25, -0.2) is 0 Å². The standard InChI is InChI=1S/C4H10N.2C4H9O.C2H5.Sn/c3*1-3-4(2)5;1-2;/h4H,1,3,5H2,2H3;2*4H,3H2,1-2H3;1H2,2H3;/q;2*-1;;+2. The van der Waals surface area contributed by atoms with Gasteiger partial charge in [0.25, 0.3) is 0 Å². The Kier molecular flexibility index (Phi) is 26.4. The zero-order valence-corrected chi connectivity index (χ0v) is 16.0. The van der Waals surface area contributed by atoms with Gasteiger partial charge >= 0.3 is 62.1 Å². The van der Waals surface area contributed by atoms with Crippen molar-refractivity contribution in [3.05, 3.63) is 0 Å². The molecule has 0 amide bonds. The van der Waals surface area contributed by atoms with Crippen LogP contribution in [0.25, 0.3) is 0 Å². The van der Waals surface area contributed by atoms with Crippen molar-refractivity contribution in [3.8, 4) is 0 Å². The van der Waals surface area contributed by atoms with E-state index in [2.05, 4.69) is 13.8 Å². The van der Waals surface area contributed by atoms with E-state index in [0.29, 0.717) is 6.04 Å². The Labute approximate surface area is 125 Å². The zero-order valence-electron chi connectivity index (χ0n) is 13.2. The van der Waals surface area contributed by atoms with Crippen molar-refractivity contribution >= 4 is 21.1 Å². The molecular weight excluding hydrogens is 333 g/mol. The number of rotatable bonds is 6. The molecule has 0 rings (SSSR count). The maximum absolute atomic E-state index is 9.90. The fraction of sp³-hybridized carbons (Fsp3) is 1.00. The van der Waals surface area contributed by atoms with Crippen LogP contribution in [-0.4, -0.2) is 39.4 Å². The van der Waals surface area contributed by atoms with Gasteiger partial charge in [-0.05, 0) is 0 Å². The van der Waals surface area contributed by atoms with Gasteiger partial charge in [-0.15, -0.1) is 12.2 Å². The molecule has 0 fully saturated rings. The molecule has 4 heteroatoms. The van der Waals surface area contributed by atoms with Gasteiger partial charge in [-0.1, -0.05) is 40.5 Å². The third-order valence-corrected chi connectivity index (χ3v) is 5.44. The van der Waals surface area contributed by atoms with Crippen molar-refractivity contribution in [2.45, 2.75) is 87.9 Å². The number of hydrogen-bond donors (Lipinski definition) is 1. The Morgan fingerprint density at radius 1 is 0.944 bits per heavy atom. The van der Waals surface area contributed by atoms with E-state index in [1.165, 1.54) is 15.3 Å². The first-order valence-electron chi connectivity index (χ1n) is 7.09. The quantitative estimate of drug-likeness (QED) is 0.573. The van der Waals surface area contributed by atoms with Crippen molar-refractivity contribution in [1.29, 1.82) is 0 Å². The summed E-state index contributed by atoms with van der Waals surface area (Å²) < 4.78 is 2.94. The van der Waals surface area contributed by atoms with E-state index in [1.54, 1.807) is 13.8 Å². The van der Waals surface area contributed by atoms with Gasteiger partial charge in [0.2, 0.25) is 0 Å². The Balaban J connectivity index is -0.000000197. The molecule has 0 heterocycles. The summed E-state index contributed by atoms with van der Waals surface area (Å²) >= 11 is 0.0669. The van der Waals surface area contributed by atoms with Gasteiger partial charge in [0, 0.05) is 0 Å². The van der Waals surface area contributed by atoms with Crippen molar-refractivity contribution in [1.82, 2.24) is 0 Å². The van der Waals surface area contributed by atoms with Crippen molar-refractivity contribution in [3.63, 3.8) is 0 Å². The molecule has 3 atom stereocenters. The van der Waals surface area contributed by atoms with Crippen LogP contribution in [0, 0.1) is 0 Å². The van der Waals surface area contributed by atoms with E-state index >= 15 is 0 Å². The summed E-state index contributed by atoms with van der Waals surface area (Å²) in [5.74, 6) is 0. The van der Waals surface area contributed by atoms with Crippen molar-refractivity contribution in [2.75, 3.05) is 0 Å². The van der Waals surface area contributed by atoms with Crippen molar-refractivity contribution < 1.29 is 10.2 Å². The molecule has 0 aromatic carbocycles. The molecule has 110 valence electrons. The molecule has 0 radical (unpaired) electrons. The normalized spacial score (nSPS) is 14.1. The molecule has 0 aromatic heterocycles. The molecule has 0 saturated heterocycles. The second kappa shape index (κ2) is 20.0. The van der Waals surface area contributed by atoms with Crippen LogP contribution in [-0.2, 0) is 0 Å². The molecule has 0 saturated carbocycles. The summed E-state index contributed by atoms with van der Waals surface area (Å²) in [6.45, 7) is 11.5. The number of hydrogen-bond acceptors (Lipinski definition) is 3. The Bertz CT molecular complexity index is 123. The predicted molar refractivity (Wildman–Crippen MR) is 78.8 cm³/mol. The summed E-state index contributed by atoms with van der Waals surface area (Å²) in [5, 5.41) is 19.8. The molecule has 0 aliphatic rings. The fourth-order valence-electron chi connectivity index (χ4n) is 0.507. The van der Waals surface area contributed by atoms with Gasteiger partial charge in [-0.2, -0.15) is 0 Å². The maximum atomic E-state index is 9.90. The van der Waals surface area contributed by atoms with Crippen LogP contribution in [0.1, 0.15) is 60.8 Å². The first kappa shape index (κ1) is 23.7. The van der Waals surface area contributed by atoms with E-state index in [4.69, 9.17) is 5.73 Å². The monoisotopic (exact) mass is 367 g/mol. The molecule has 0 aliphatic carbocycles. The van der Waals surface area contributed by atoms with Crippen LogP contribution in [0.5, 0.6) is 0 Å². The van der Waals surface area contributed by atoms with Crippen LogP contribution < -0.4 is 15.9 Å². The van der Waals surface area contributed by atoms with E-state index in [-0.39, 0.29) is 33.4 Å². The molecule has 0 aliphatic heterocycles. The van der Waals surface area contributed by atoms with E-state index < -0.39 is 0 Å². The van der Waals surface area contributed by atoms with E-state index in [0.717, 1.165) is 12.8 Å². The molecule has 2 N–H and O–H groups in total. The van der Waals surface area contributed by atoms with Gasteiger partial charge in [-0.3, -0.25) is 0 Å². The first-order valence-corrected chi connectivity index (χ1v) is 11.1. The summed E-state index contributed by atoms with van der Waals surface area (Å²) in [7, 11) is 0. The predicted octanol–water partition coefficient (Wildman–Crippen LogP) is 1.57. The van der Waals surface area contributed by atoms with Crippen LogP contribution in [0.15, 0.2) is 0 Å². The molecular formula is C14H33NO2Sn. The minimum absolute atomic E-state index is 0.0669. The van der Waals surface area contributed by atoms with Gasteiger partial charge < -0.3 is 10.2 Å². The SMILES string of the molecule is CCC(C)[O-].CCC(C)[O-].C[CH2][Sn+2][CH2]CC(C)N. The fourth-order valence-corrected chi connectivity index (χ4v) is 3.40. The molecule has 0 aromatic rings. The Hall–Kier alpha value is 0.679. The second-order valence-electron chi connectivity index (χ2n) is 4.56. The Morgan fingerprint density at radius 3 is 1.44 bits per heavy atom. The van der Waals surface area contributed by atoms with E-state index in [1.807, 2.05) is 13.8 Å². The summed E-state index contributed by atoms with van der Waals surface area (Å²) in [5.41, 5.74) is 5.56. The molecule has 0 bridgehead atoms. The van der Waals surface area contributed by atoms with Crippen LogP contribution in [0.4, 0.5) is 0 Å². The van der Waals surface area contributed by atoms with Gasteiger partial charge in [0.1, 0.15) is 0 Å². The van der Waals surface area contributed by atoms with Gasteiger partial charge in [0.15, 0.2) is 0 Å².